The van der Waals surface area contributed by atoms with E-state index in [1.165, 1.54) is 12.1 Å². The van der Waals surface area contributed by atoms with Crippen LogP contribution in [0.3, 0.4) is 0 Å². The van der Waals surface area contributed by atoms with Crippen LogP contribution in [-0.2, 0) is 4.74 Å². The van der Waals surface area contributed by atoms with Crippen LogP contribution in [0.5, 0.6) is 5.75 Å². The summed E-state index contributed by atoms with van der Waals surface area (Å²) in [5.41, 5.74) is 0.155. The van der Waals surface area contributed by atoms with Crippen molar-refractivity contribution >= 4 is 5.97 Å². The molecule has 1 aliphatic rings. The van der Waals surface area contributed by atoms with Gasteiger partial charge in [-0.15, -0.1) is 0 Å². The molecule has 98 valence electrons. The second-order valence-corrected chi connectivity index (χ2v) is 4.15. The Hall–Kier alpha value is -1.59. The molecule has 1 aromatic rings. The molecule has 1 fully saturated rings. The molecule has 0 spiro atoms. The van der Waals surface area contributed by atoms with Crippen molar-refractivity contribution in [1.82, 2.24) is 5.32 Å². The molecule has 0 aliphatic carbocycles. The molecule has 0 amide bonds. The highest BCUT2D eigenvalue weighted by atomic mass is 16.5. The number of benzene rings is 1. The van der Waals surface area contributed by atoms with Gasteiger partial charge >= 0.3 is 0 Å². The molecule has 1 unspecified atom stereocenters. The van der Waals surface area contributed by atoms with Crippen molar-refractivity contribution in [3.8, 4) is 5.75 Å². The van der Waals surface area contributed by atoms with E-state index in [0.717, 1.165) is 26.1 Å². The van der Waals surface area contributed by atoms with E-state index in [4.69, 9.17) is 9.47 Å². The molecule has 5 nitrogen and oxygen atoms in total. The minimum Gasteiger partial charge on any atom is -0.545 e. The van der Waals surface area contributed by atoms with Gasteiger partial charge in [0.2, 0.25) is 0 Å². The van der Waals surface area contributed by atoms with Gasteiger partial charge in [0.05, 0.1) is 25.3 Å². The van der Waals surface area contributed by atoms with Crippen LogP contribution in [0.25, 0.3) is 0 Å². The van der Waals surface area contributed by atoms with Gasteiger partial charge in [0.25, 0.3) is 0 Å². The van der Waals surface area contributed by atoms with Gasteiger partial charge < -0.3 is 24.7 Å². The van der Waals surface area contributed by atoms with Crippen LogP contribution in [0.15, 0.2) is 24.3 Å². The minimum atomic E-state index is -1.18. The summed E-state index contributed by atoms with van der Waals surface area (Å²) >= 11 is 0. The predicted octanol–water partition coefficient (Wildman–Crippen LogP) is -0.193. The van der Waals surface area contributed by atoms with Crippen molar-refractivity contribution in [2.75, 3.05) is 26.3 Å². The summed E-state index contributed by atoms with van der Waals surface area (Å²) in [7, 11) is 0. The fourth-order valence-electron chi connectivity index (χ4n) is 1.80. The summed E-state index contributed by atoms with van der Waals surface area (Å²) in [6, 6.07) is 6.21. The molecule has 0 saturated carbocycles. The second kappa shape index (κ2) is 6.37. The van der Waals surface area contributed by atoms with Crippen molar-refractivity contribution in [3.63, 3.8) is 0 Å². The largest absolute Gasteiger partial charge is 0.545 e. The number of carboxylic acid groups (broad SMARTS) is 1. The molecule has 0 radical (unpaired) electrons. The van der Waals surface area contributed by atoms with Crippen LogP contribution in [0, 0.1) is 0 Å². The number of aromatic carboxylic acids is 1. The Morgan fingerprint density at radius 3 is 2.83 bits per heavy atom. The van der Waals surface area contributed by atoms with Crippen LogP contribution in [0.4, 0.5) is 0 Å². The van der Waals surface area contributed by atoms with Crippen molar-refractivity contribution in [1.29, 1.82) is 0 Å². The molecule has 0 bridgehead atoms. The van der Waals surface area contributed by atoms with Gasteiger partial charge in [0, 0.05) is 19.5 Å². The van der Waals surface area contributed by atoms with E-state index in [0.29, 0.717) is 12.4 Å². The fraction of sp³-hybridized carbons (Fsp3) is 0.462. The van der Waals surface area contributed by atoms with Gasteiger partial charge in [-0.25, -0.2) is 0 Å². The average molecular weight is 250 g/mol. The highest BCUT2D eigenvalue weighted by molar-refractivity contribution is 5.85. The van der Waals surface area contributed by atoms with Crippen molar-refractivity contribution < 1.29 is 19.4 Å². The fourth-order valence-corrected chi connectivity index (χ4v) is 1.80. The zero-order valence-corrected chi connectivity index (χ0v) is 10.1. The van der Waals surface area contributed by atoms with Crippen molar-refractivity contribution in [2.24, 2.45) is 0 Å². The quantitative estimate of drug-likeness (QED) is 0.784. The van der Waals surface area contributed by atoms with Gasteiger partial charge in [-0.1, -0.05) is 0 Å². The van der Waals surface area contributed by atoms with Crippen molar-refractivity contribution in [3.05, 3.63) is 29.8 Å². The molecule has 0 aromatic heterocycles. The Balaban J connectivity index is 1.74. The maximum absolute atomic E-state index is 10.6. The number of carboxylic acids is 1. The number of nitrogens with one attached hydrogen (secondary N) is 1. The number of rotatable bonds is 5. The number of hydrogen-bond donors (Lipinski definition) is 1. The molecule has 1 aliphatic heterocycles. The smallest absolute Gasteiger partial charge is 0.119 e. The highest BCUT2D eigenvalue weighted by Gasteiger charge is 2.12. The lowest BCUT2D eigenvalue weighted by Gasteiger charge is -2.23. The summed E-state index contributed by atoms with van der Waals surface area (Å²) in [4.78, 5) is 10.6. The van der Waals surface area contributed by atoms with Gasteiger partial charge in [0.1, 0.15) is 5.75 Å². The number of hydrogen-bond acceptors (Lipinski definition) is 5. The van der Waals surface area contributed by atoms with E-state index >= 15 is 0 Å². The zero-order chi connectivity index (χ0) is 12.8. The summed E-state index contributed by atoms with van der Waals surface area (Å²) in [5, 5.41) is 13.8. The SMILES string of the molecule is O=C([O-])c1ccc(OCCC2CNCCO2)cc1. The number of ether oxygens (including phenoxy) is 2. The first-order valence-electron chi connectivity index (χ1n) is 6.02. The van der Waals surface area contributed by atoms with E-state index < -0.39 is 5.97 Å². The second-order valence-electron chi connectivity index (χ2n) is 4.15. The Labute approximate surface area is 106 Å². The lowest BCUT2D eigenvalue weighted by atomic mass is 10.2. The summed E-state index contributed by atoms with van der Waals surface area (Å²) in [5.74, 6) is -0.521. The van der Waals surface area contributed by atoms with Gasteiger partial charge in [-0.3, -0.25) is 0 Å². The number of carbonyl (C=O) groups is 1. The maximum atomic E-state index is 10.6. The van der Waals surface area contributed by atoms with Gasteiger partial charge in [-0.05, 0) is 29.8 Å². The minimum absolute atomic E-state index is 0.155. The normalized spacial score (nSPS) is 19.4. The van der Waals surface area contributed by atoms with E-state index in [-0.39, 0.29) is 11.7 Å². The zero-order valence-electron chi connectivity index (χ0n) is 10.1. The van der Waals surface area contributed by atoms with Crippen LogP contribution < -0.4 is 15.2 Å². The first-order chi connectivity index (χ1) is 8.75. The molecular formula is C13H16NO4-. The van der Waals surface area contributed by atoms with Crippen molar-refractivity contribution in [2.45, 2.75) is 12.5 Å². The lowest BCUT2D eigenvalue weighted by molar-refractivity contribution is -0.255. The van der Waals surface area contributed by atoms with Crippen LogP contribution in [0.2, 0.25) is 0 Å². The molecule has 5 heteroatoms. The molecule has 1 saturated heterocycles. The Morgan fingerprint density at radius 1 is 1.44 bits per heavy atom. The van der Waals surface area contributed by atoms with E-state index in [1.54, 1.807) is 12.1 Å². The topological polar surface area (TPSA) is 70.6 Å². The number of carbonyl (C=O) groups excluding carboxylic acids is 1. The Bertz CT molecular complexity index is 384. The molecule has 1 heterocycles. The highest BCUT2D eigenvalue weighted by Crippen LogP contribution is 2.12. The van der Waals surface area contributed by atoms with Crippen LogP contribution in [0.1, 0.15) is 16.8 Å². The molecule has 18 heavy (non-hydrogen) atoms. The monoisotopic (exact) mass is 250 g/mol. The van der Waals surface area contributed by atoms with Crippen LogP contribution in [-0.4, -0.2) is 38.4 Å². The maximum Gasteiger partial charge on any atom is 0.119 e. The van der Waals surface area contributed by atoms with E-state index in [2.05, 4.69) is 5.32 Å². The number of morpholine rings is 1. The molecule has 2 rings (SSSR count). The molecule has 1 atom stereocenters. The first-order valence-corrected chi connectivity index (χ1v) is 6.02. The molecule has 1 aromatic carbocycles. The lowest BCUT2D eigenvalue weighted by Crippen LogP contribution is -2.39. The summed E-state index contributed by atoms with van der Waals surface area (Å²) in [6.07, 6.45) is 1.01. The average Bonchev–Trinajstić information content (AvgIpc) is 2.40. The summed E-state index contributed by atoms with van der Waals surface area (Å²) < 4.78 is 11.1. The van der Waals surface area contributed by atoms with Crippen LogP contribution >= 0.6 is 0 Å². The predicted molar refractivity (Wildman–Crippen MR) is 63.5 cm³/mol. The summed E-state index contributed by atoms with van der Waals surface area (Å²) in [6.45, 7) is 3.05. The third-order valence-corrected chi connectivity index (χ3v) is 2.80. The Kier molecular flexibility index (Phi) is 4.55. The standard InChI is InChI=1S/C13H17NO4/c15-13(16)10-1-3-11(4-2-10)17-7-5-12-9-14-6-8-18-12/h1-4,12,14H,5-9H2,(H,15,16)/p-1. The van der Waals surface area contributed by atoms with Gasteiger partial charge in [0.15, 0.2) is 0 Å². The molecule has 1 N–H and O–H groups in total. The third-order valence-electron chi connectivity index (χ3n) is 2.80. The Morgan fingerprint density at radius 2 is 2.22 bits per heavy atom. The molecular weight excluding hydrogens is 234 g/mol. The first kappa shape index (κ1) is 12.9. The van der Waals surface area contributed by atoms with E-state index in [1.807, 2.05) is 0 Å². The van der Waals surface area contributed by atoms with E-state index in [9.17, 15) is 9.90 Å². The van der Waals surface area contributed by atoms with Gasteiger partial charge in [-0.2, -0.15) is 0 Å². The third kappa shape index (κ3) is 3.72.